The van der Waals surface area contributed by atoms with Gasteiger partial charge in [0.15, 0.2) is 0 Å². The summed E-state index contributed by atoms with van der Waals surface area (Å²) >= 11 is 7.46. The summed E-state index contributed by atoms with van der Waals surface area (Å²) < 4.78 is 0. The van der Waals surface area contributed by atoms with E-state index in [0.29, 0.717) is 14.9 Å². The van der Waals surface area contributed by atoms with E-state index in [-0.39, 0.29) is 17.7 Å². The van der Waals surface area contributed by atoms with Gasteiger partial charge < -0.3 is 10.4 Å². The van der Waals surface area contributed by atoms with E-state index in [1.807, 2.05) is 31.2 Å². The minimum absolute atomic E-state index is 0.174. The van der Waals surface area contributed by atoms with Crippen LogP contribution < -0.4 is 5.32 Å². The first-order chi connectivity index (χ1) is 11.5. The molecule has 2 aromatic carbocycles. The Morgan fingerprint density at radius 3 is 2.79 bits per heavy atom. The molecule has 0 fully saturated rings. The van der Waals surface area contributed by atoms with Gasteiger partial charge >= 0.3 is 0 Å². The van der Waals surface area contributed by atoms with Crippen LogP contribution >= 0.6 is 22.9 Å². The lowest BCUT2D eigenvalue weighted by atomic mass is 10.1. The molecule has 6 heteroatoms. The van der Waals surface area contributed by atoms with E-state index in [4.69, 9.17) is 11.6 Å². The Balaban J connectivity index is 1.76. The van der Waals surface area contributed by atoms with E-state index < -0.39 is 0 Å². The predicted octanol–water partition coefficient (Wildman–Crippen LogP) is 4.66. The molecule has 1 atom stereocenters. The van der Waals surface area contributed by atoms with Crippen LogP contribution in [0.5, 0.6) is 5.75 Å². The van der Waals surface area contributed by atoms with Gasteiger partial charge in [-0.05, 0) is 30.7 Å². The number of hydrogen-bond donors (Lipinski definition) is 2. The molecule has 24 heavy (non-hydrogen) atoms. The van der Waals surface area contributed by atoms with Crippen LogP contribution in [0.2, 0.25) is 5.02 Å². The Morgan fingerprint density at radius 2 is 2.04 bits per heavy atom. The molecule has 1 unspecified atom stereocenters. The number of aromatic nitrogens is 1. The smallest absolute Gasteiger partial charge is 0.263 e. The molecule has 1 aromatic heterocycles. The molecule has 4 nitrogen and oxygen atoms in total. The zero-order valence-corrected chi connectivity index (χ0v) is 14.4. The van der Waals surface area contributed by atoms with Crippen LogP contribution in [0.1, 0.15) is 28.2 Å². The fourth-order valence-electron chi connectivity index (χ4n) is 2.28. The minimum atomic E-state index is -0.226. The van der Waals surface area contributed by atoms with Crippen molar-refractivity contribution in [2.75, 3.05) is 0 Å². The van der Waals surface area contributed by atoms with Crippen molar-refractivity contribution in [2.24, 2.45) is 0 Å². The Kier molecular flexibility index (Phi) is 4.83. The number of rotatable bonds is 4. The molecule has 3 rings (SSSR count). The highest BCUT2D eigenvalue weighted by atomic mass is 35.5. The second-order valence-corrected chi connectivity index (χ2v) is 6.74. The van der Waals surface area contributed by atoms with Gasteiger partial charge in [0.1, 0.15) is 15.6 Å². The first-order valence-electron chi connectivity index (χ1n) is 7.35. The SMILES string of the molecule is CC(NC(=O)c1cnc(-c2ccccc2Cl)s1)c1cccc(O)c1. The maximum atomic E-state index is 12.4. The third-order valence-corrected chi connectivity index (χ3v) is 4.91. The van der Waals surface area contributed by atoms with Crippen LogP contribution in [0, 0.1) is 0 Å². The van der Waals surface area contributed by atoms with Crippen LogP contribution in [0.15, 0.2) is 54.7 Å². The Morgan fingerprint density at radius 1 is 1.25 bits per heavy atom. The van der Waals surface area contributed by atoms with Crippen molar-refractivity contribution >= 4 is 28.8 Å². The average Bonchev–Trinajstić information content (AvgIpc) is 3.05. The highest BCUT2D eigenvalue weighted by Crippen LogP contribution is 2.31. The van der Waals surface area contributed by atoms with Crippen molar-refractivity contribution < 1.29 is 9.90 Å². The van der Waals surface area contributed by atoms with Gasteiger partial charge in [0.2, 0.25) is 0 Å². The number of nitrogens with one attached hydrogen (secondary N) is 1. The van der Waals surface area contributed by atoms with Crippen LogP contribution in [0.4, 0.5) is 0 Å². The summed E-state index contributed by atoms with van der Waals surface area (Å²) in [4.78, 5) is 17.2. The largest absolute Gasteiger partial charge is 0.508 e. The summed E-state index contributed by atoms with van der Waals surface area (Å²) in [5.74, 6) is -0.0333. The first kappa shape index (κ1) is 16.5. The Bertz CT molecular complexity index is 879. The Hall–Kier alpha value is -2.37. The summed E-state index contributed by atoms with van der Waals surface area (Å²) in [6.07, 6.45) is 1.55. The van der Waals surface area contributed by atoms with Gasteiger partial charge in [-0.3, -0.25) is 4.79 Å². The zero-order valence-electron chi connectivity index (χ0n) is 12.9. The van der Waals surface area contributed by atoms with Gasteiger partial charge in [0.25, 0.3) is 5.91 Å². The summed E-state index contributed by atoms with van der Waals surface area (Å²) in [6, 6.07) is 14.0. The molecule has 0 aliphatic rings. The van der Waals surface area contributed by atoms with Crippen molar-refractivity contribution in [3.05, 3.63) is 70.2 Å². The normalized spacial score (nSPS) is 11.9. The van der Waals surface area contributed by atoms with Crippen molar-refractivity contribution in [3.8, 4) is 16.3 Å². The van der Waals surface area contributed by atoms with Crippen LogP contribution in [-0.4, -0.2) is 16.0 Å². The molecule has 0 spiro atoms. The molecule has 0 radical (unpaired) electrons. The van der Waals surface area contributed by atoms with E-state index in [2.05, 4.69) is 10.3 Å². The van der Waals surface area contributed by atoms with Gasteiger partial charge in [-0.1, -0.05) is 41.9 Å². The first-order valence-corrected chi connectivity index (χ1v) is 8.54. The fourth-order valence-corrected chi connectivity index (χ4v) is 3.42. The number of carbonyl (C=O) groups excluding carboxylic acids is 1. The number of hydrogen-bond acceptors (Lipinski definition) is 4. The van der Waals surface area contributed by atoms with E-state index in [9.17, 15) is 9.90 Å². The van der Waals surface area contributed by atoms with Gasteiger partial charge in [0.05, 0.1) is 17.3 Å². The molecule has 1 heterocycles. The standard InChI is InChI=1S/C18H15ClN2O2S/c1-11(12-5-4-6-13(22)9-12)21-17(23)16-10-20-18(24-16)14-7-2-3-8-15(14)19/h2-11,22H,1H3,(H,21,23). The molecule has 0 aliphatic carbocycles. The number of phenolic OH excluding ortho intramolecular Hbond substituents is 1. The van der Waals surface area contributed by atoms with Gasteiger partial charge in [-0.2, -0.15) is 0 Å². The number of amides is 1. The zero-order chi connectivity index (χ0) is 17.1. The molecule has 3 aromatic rings. The third kappa shape index (κ3) is 3.58. The number of carbonyl (C=O) groups is 1. The second-order valence-electron chi connectivity index (χ2n) is 5.30. The molecular formula is C18H15ClN2O2S. The maximum Gasteiger partial charge on any atom is 0.263 e. The quantitative estimate of drug-likeness (QED) is 0.713. The summed E-state index contributed by atoms with van der Waals surface area (Å²) in [5.41, 5.74) is 1.64. The highest BCUT2D eigenvalue weighted by molar-refractivity contribution is 7.17. The van der Waals surface area contributed by atoms with Gasteiger partial charge in [-0.15, -0.1) is 11.3 Å². The van der Waals surface area contributed by atoms with Crippen LogP contribution in [0.25, 0.3) is 10.6 Å². The van der Waals surface area contributed by atoms with E-state index in [0.717, 1.165) is 11.1 Å². The number of phenols is 1. The molecule has 1 amide bonds. The molecule has 0 bridgehead atoms. The molecule has 122 valence electrons. The van der Waals surface area contributed by atoms with E-state index in [1.54, 1.807) is 30.5 Å². The lowest BCUT2D eigenvalue weighted by molar-refractivity contribution is 0.0943. The molecular weight excluding hydrogens is 344 g/mol. The fraction of sp³-hybridized carbons (Fsp3) is 0.111. The lowest BCUT2D eigenvalue weighted by Gasteiger charge is -2.13. The number of nitrogens with zero attached hydrogens (tertiary/aromatic N) is 1. The number of aromatic hydroxyl groups is 1. The predicted molar refractivity (Wildman–Crippen MR) is 96.5 cm³/mol. The summed E-state index contributed by atoms with van der Waals surface area (Å²) in [6.45, 7) is 1.86. The maximum absolute atomic E-state index is 12.4. The summed E-state index contributed by atoms with van der Waals surface area (Å²) in [5, 5.41) is 13.7. The van der Waals surface area contributed by atoms with Gasteiger partial charge in [-0.25, -0.2) is 4.98 Å². The second kappa shape index (κ2) is 7.03. The number of benzene rings is 2. The van der Waals surface area contributed by atoms with Crippen molar-refractivity contribution in [1.29, 1.82) is 0 Å². The monoisotopic (exact) mass is 358 g/mol. The summed E-state index contributed by atoms with van der Waals surface area (Å²) in [7, 11) is 0. The Labute approximate surface area is 148 Å². The lowest BCUT2D eigenvalue weighted by Crippen LogP contribution is -2.25. The topological polar surface area (TPSA) is 62.2 Å². The van der Waals surface area contributed by atoms with E-state index in [1.165, 1.54) is 11.3 Å². The van der Waals surface area contributed by atoms with Crippen LogP contribution in [-0.2, 0) is 0 Å². The van der Waals surface area contributed by atoms with E-state index >= 15 is 0 Å². The molecule has 2 N–H and O–H groups in total. The van der Waals surface area contributed by atoms with Crippen LogP contribution in [0.3, 0.4) is 0 Å². The molecule has 0 saturated heterocycles. The van der Waals surface area contributed by atoms with Crippen molar-refractivity contribution in [3.63, 3.8) is 0 Å². The molecule has 0 aliphatic heterocycles. The van der Waals surface area contributed by atoms with Crippen molar-refractivity contribution in [2.45, 2.75) is 13.0 Å². The van der Waals surface area contributed by atoms with Crippen molar-refractivity contribution in [1.82, 2.24) is 10.3 Å². The molecule has 0 saturated carbocycles. The third-order valence-electron chi connectivity index (χ3n) is 3.55. The average molecular weight is 359 g/mol. The number of thiazole rings is 1. The number of halogens is 1. The minimum Gasteiger partial charge on any atom is -0.508 e. The highest BCUT2D eigenvalue weighted by Gasteiger charge is 2.16. The van der Waals surface area contributed by atoms with Gasteiger partial charge in [0, 0.05) is 5.56 Å².